The van der Waals surface area contributed by atoms with Crippen molar-refractivity contribution in [2.24, 2.45) is 11.7 Å². The molecule has 1 unspecified atom stereocenters. The van der Waals surface area contributed by atoms with Crippen LogP contribution in [0, 0.1) is 5.92 Å². The smallest absolute Gasteiger partial charge is 0.305 e. The lowest BCUT2D eigenvalue weighted by molar-refractivity contribution is -0.145. The second-order valence-corrected chi connectivity index (χ2v) is 6.14. The van der Waals surface area contributed by atoms with Crippen molar-refractivity contribution in [1.29, 1.82) is 0 Å². The van der Waals surface area contributed by atoms with Crippen LogP contribution in [-0.4, -0.2) is 19.1 Å². The number of unbranched alkanes of at least 4 members (excludes halogenated alkanes) is 6. The van der Waals surface area contributed by atoms with E-state index < -0.39 is 0 Å². The summed E-state index contributed by atoms with van der Waals surface area (Å²) < 4.78 is 5.47. The molecule has 126 valence electrons. The molecule has 0 saturated carbocycles. The molecule has 2 N–H and O–H groups in total. The summed E-state index contributed by atoms with van der Waals surface area (Å²) in [5, 5.41) is 0. The van der Waals surface area contributed by atoms with Crippen LogP contribution in [0.15, 0.2) is 0 Å². The van der Waals surface area contributed by atoms with Gasteiger partial charge in [0.1, 0.15) is 0 Å². The highest BCUT2D eigenvalue weighted by atomic mass is 16.5. The average Bonchev–Trinajstić information content (AvgIpc) is 2.50. The van der Waals surface area contributed by atoms with Crippen molar-refractivity contribution in [3.8, 4) is 0 Å². The minimum absolute atomic E-state index is 0.0259. The molecule has 0 aromatic heterocycles. The summed E-state index contributed by atoms with van der Waals surface area (Å²) in [7, 11) is 0. The SMILES string of the molecule is CCCCCCC(CCCC)COC(=O)CCCCCN. The van der Waals surface area contributed by atoms with E-state index >= 15 is 0 Å². The first-order valence-electron chi connectivity index (χ1n) is 9.10. The molecule has 0 aliphatic heterocycles. The number of hydrogen-bond acceptors (Lipinski definition) is 3. The zero-order valence-corrected chi connectivity index (χ0v) is 14.4. The van der Waals surface area contributed by atoms with Crippen LogP contribution in [0.3, 0.4) is 0 Å². The van der Waals surface area contributed by atoms with Crippen molar-refractivity contribution in [1.82, 2.24) is 0 Å². The van der Waals surface area contributed by atoms with Gasteiger partial charge in [-0.05, 0) is 38.1 Å². The van der Waals surface area contributed by atoms with Crippen LogP contribution in [0.2, 0.25) is 0 Å². The van der Waals surface area contributed by atoms with Crippen LogP contribution in [0.4, 0.5) is 0 Å². The molecule has 0 aromatic rings. The molecule has 0 spiro atoms. The zero-order valence-electron chi connectivity index (χ0n) is 14.4. The maximum absolute atomic E-state index is 11.7. The minimum atomic E-state index is -0.0259. The molecule has 0 saturated heterocycles. The van der Waals surface area contributed by atoms with Gasteiger partial charge in [0.15, 0.2) is 0 Å². The second kappa shape index (κ2) is 15.8. The Morgan fingerprint density at radius 2 is 1.57 bits per heavy atom. The lowest BCUT2D eigenvalue weighted by Crippen LogP contribution is -2.14. The Morgan fingerprint density at radius 3 is 2.24 bits per heavy atom. The van der Waals surface area contributed by atoms with Gasteiger partial charge in [-0.25, -0.2) is 0 Å². The van der Waals surface area contributed by atoms with Crippen LogP contribution in [0.5, 0.6) is 0 Å². The molecule has 0 fully saturated rings. The highest BCUT2D eigenvalue weighted by Gasteiger charge is 2.11. The maximum Gasteiger partial charge on any atom is 0.305 e. The quantitative estimate of drug-likeness (QED) is 0.348. The van der Waals surface area contributed by atoms with Gasteiger partial charge in [-0.3, -0.25) is 4.79 Å². The summed E-state index contributed by atoms with van der Waals surface area (Å²) in [6.07, 6.45) is 13.5. The molecule has 3 heteroatoms. The highest BCUT2D eigenvalue weighted by Crippen LogP contribution is 2.18. The molecule has 0 rings (SSSR count). The molecular weight excluding hydrogens is 262 g/mol. The van der Waals surface area contributed by atoms with E-state index in [9.17, 15) is 4.79 Å². The van der Waals surface area contributed by atoms with Crippen LogP contribution >= 0.6 is 0 Å². The normalized spacial score (nSPS) is 12.3. The lowest BCUT2D eigenvalue weighted by Gasteiger charge is -2.16. The molecule has 0 aliphatic carbocycles. The third-order valence-electron chi connectivity index (χ3n) is 4.00. The van der Waals surface area contributed by atoms with E-state index in [0.717, 1.165) is 19.3 Å². The Bertz CT molecular complexity index is 231. The first kappa shape index (κ1) is 20.4. The van der Waals surface area contributed by atoms with Gasteiger partial charge >= 0.3 is 5.97 Å². The van der Waals surface area contributed by atoms with Crippen LogP contribution in [0.25, 0.3) is 0 Å². The van der Waals surface area contributed by atoms with Gasteiger partial charge in [0.05, 0.1) is 6.61 Å². The molecule has 0 heterocycles. The Balaban J connectivity index is 3.78. The monoisotopic (exact) mass is 299 g/mol. The van der Waals surface area contributed by atoms with E-state index in [1.807, 2.05) is 0 Å². The van der Waals surface area contributed by atoms with E-state index in [1.165, 1.54) is 51.4 Å². The standard InChI is InChI=1S/C18H37NO2/c1-3-5-7-9-13-17(12-6-4-2)16-21-18(20)14-10-8-11-15-19/h17H,3-16,19H2,1-2H3. The number of hydrogen-bond donors (Lipinski definition) is 1. The van der Waals surface area contributed by atoms with Gasteiger partial charge in [0.25, 0.3) is 0 Å². The van der Waals surface area contributed by atoms with Crippen molar-refractivity contribution < 1.29 is 9.53 Å². The summed E-state index contributed by atoms with van der Waals surface area (Å²) in [5.41, 5.74) is 5.44. The van der Waals surface area contributed by atoms with Crippen molar-refractivity contribution in [3.63, 3.8) is 0 Å². The van der Waals surface area contributed by atoms with Crippen LogP contribution < -0.4 is 5.73 Å². The molecule has 0 aliphatic rings. The Hall–Kier alpha value is -0.570. The van der Waals surface area contributed by atoms with E-state index in [2.05, 4.69) is 13.8 Å². The van der Waals surface area contributed by atoms with Crippen molar-refractivity contribution in [3.05, 3.63) is 0 Å². The second-order valence-electron chi connectivity index (χ2n) is 6.14. The number of rotatable bonds is 15. The van der Waals surface area contributed by atoms with Crippen LogP contribution in [-0.2, 0) is 9.53 Å². The minimum Gasteiger partial charge on any atom is -0.465 e. The zero-order chi connectivity index (χ0) is 15.8. The highest BCUT2D eigenvalue weighted by molar-refractivity contribution is 5.69. The third-order valence-corrected chi connectivity index (χ3v) is 4.00. The first-order valence-corrected chi connectivity index (χ1v) is 9.10. The molecule has 21 heavy (non-hydrogen) atoms. The van der Waals surface area contributed by atoms with Gasteiger partial charge in [0.2, 0.25) is 0 Å². The number of carbonyl (C=O) groups excluding carboxylic acids is 1. The van der Waals surface area contributed by atoms with E-state index in [1.54, 1.807) is 0 Å². The Labute approximate surface area is 132 Å². The van der Waals surface area contributed by atoms with Gasteiger partial charge in [-0.15, -0.1) is 0 Å². The van der Waals surface area contributed by atoms with E-state index in [4.69, 9.17) is 10.5 Å². The summed E-state index contributed by atoms with van der Waals surface area (Å²) >= 11 is 0. The fraction of sp³-hybridized carbons (Fsp3) is 0.944. The molecule has 0 amide bonds. The molecule has 1 atom stereocenters. The lowest BCUT2D eigenvalue weighted by atomic mass is 9.96. The fourth-order valence-electron chi connectivity index (χ4n) is 2.54. The summed E-state index contributed by atoms with van der Waals surface area (Å²) in [6.45, 7) is 5.80. The van der Waals surface area contributed by atoms with E-state index in [0.29, 0.717) is 25.5 Å². The van der Waals surface area contributed by atoms with Crippen molar-refractivity contribution in [2.75, 3.05) is 13.2 Å². The van der Waals surface area contributed by atoms with Gasteiger partial charge in [-0.1, -0.05) is 58.8 Å². The van der Waals surface area contributed by atoms with Gasteiger partial charge < -0.3 is 10.5 Å². The van der Waals surface area contributed by atoms with Crippen molar-refractivity contribution in [2.45, 2.75) is 90.9 Å². The van der Waals surface area contributed by atoms with Crippen LogP contribution in [0.1, 0.15) is 90.9 Å². The van der Waals surface area contributed by atoms with Gasteiger partial charge in [0, 0.05) is 6.42 Å². The summed E-state index contributed by atoms with van der Waals surface area (Å²) in [6, 6.07) is 0. The largest absolute Gasteiger partial charge is 0.465 e. The van der Waals surface area contributed by atoms with E-state index in [-0.39, 0.29) is 5.97 Å². The predicted molar refractivity (Wildman–Crippen MR) is 90.3 cm³/mol. The molecule has 0 bridgehead atoms. The molecule has 3 nitrogen and oxygen atoms in total. The number of ether oxygens (including phenoxy) is 1. The summed E-state index contributed by atoms with van der Waals surface area (Å²) in [5.74, 6) is 0.539. The fourth-order valence-corrected chi connectivity index (χ4v) is 2.54. The Morgan fingerprint density at radius 1 is 0.905 bits per heavy atom. The van der Waals surface area contributed by atoms with Gasteiger partial charge in [-0.2, -0.15) is 0 Å². The molecule has 0 radical (unpaired) electrons. The summed E-state index contributed by atoms with van der Waals surface area (Å²) in [4.78, 5) is 11.7. The maximum atomic E-state index is 11.7. The molecule has 0 aromatic carbocycles. The Kier molecular flexibility index (Phi) is 15.4. The average molecular weight is 299 g/mol. The number of nitrogens with two attached hydrogens (primary N) is 1. The topological polar surface area (TPSA) is 52.3 Å². The van der Waals surface area contributed by atoms with Crippen molar-refractivity contribution >= 4 is 5.97 Å². The predicted octanol–water partition coefficient (Wildman–Crippen LogP) is 4.83. The molecular formula is C18H37NO2. The number of esters is 1. The third kappa shape index (κ3) is 14.1. The first-order chi connectivity index (χ1) is 10.2. The number of carbonyl (C=O) groups is 1.